The molecule has 1 saturated heterocycles. The van der Waals surface area contributed by atoms with Crippen LogP contribution in [0, 0.1) is 17.5 Å². The molecule has 3 nitrogen and oxygen atoms in total. The van der Waals surface area contributed by atoms with Crippen LogP contribution in [0.5, 0.6) is 0 Å². The van der Waals surface area contributed by atoms with Gasteiger partial charge in [0.15, 0.2) is 17.5 Å². The fraction of sp³-hybridized carbons (Fsp3) is 0.462. The van der Waals surface area contributed by atoms with E-state index in [1.54, 1.807) is 6.92 Å². The molecule has 0 saturated carbocycles. The minimum atomic E-state index is -1.59. The lowest BCUT2D eigenvalue weighted by atomic mass is 10.1. The van der Waals surface area contributed by atoms with E-state index in [1.165, 1.54) is 4.90 Å². The first-order chi connectivity index (χ1) is 9.43. The maximum absolute atomic E-state index is 13.2. The first-order valence-corrected chi connectivity index (χ1v) is 6.60. The van der Waals surface area contributed by atoms with Crippen molar-refractivity contribution >= 4 is 17.5 Å². The lowest BCUT2D eigenvalue weighted by Crippen LogP contribution is -2.51. The van der Waals surface area contributed by atoms with Crippen LogP contribution >= 0.6 is 11.6 Å². The van der Waals surface area contributed by atoms with Crippen LogP contribution in [0.3, 0.4) is 0 Å². The van der Waals surface area contributed by atoms with E-state index in [0.29, 0.717) is 12.1 Å². The smallest absolute Gasteiger partial charge is 0.254 e. The summed E-state index contributed by atoms with van der Waals surface area (Å²) in [5.41, 5.74) is -0.233. The molecule has 1 aromatic rings. The second-order valence-corrected chi connectivity index (χ2v) is 4.98. The third kappa shape index (κ3) is 2.91. The molecule has 1 aromatic carbocycles. The van der Waals surface area contributed by atoms with Crippen LogP contribution in [0.2, 0.25) is 0 Å². The van der Waals surface area contributed by atoms with Gasteiger partial charge in [0.2, 0.25) is 0 Å². The van der Waals surface area contributed by atoms with Gasteiger partial charge in [-0.3, -0.25) is 4.79 Å². The van der Waals surface area contributed by atoms with Gasteiger partial charge in [-0.2, -0.15) is 0 Å². The van der Waals surface area contributed by atoms with Gasteiger partial charge in [-0.25, -0.2) is 13.2 Å². The van der Waals surface area contributed by atoms with Gasteiger partial charge in [-0.05, 0) is 19.1 Å². The number of ether oxygens (including phenoxy) is 1. The number of nitrogens with zero attached hydrogens (tertiary/aromatic N) is 1. The first kappa shape index (κ1) is 15.1. The monoisotopic (exact) mass is 307 g/mol. The number of rotatable bonds is 2. The predicted molar refractivity (Wildman–Crippen MR) is 67.3 cm³/mol. The maximum atomic E-state index is 13.2. The zero-order chi connectivity index (χ0) is 14.9. The summed E-state index contributed by atoms with van der Waals surface area (Å²) in [4.78, 5) is 13.7. The number of hydrogen-bond donors (Lipinski definition) is 0. The van der Waals surface area contributed by atoms with Crippen molar-refractivity contribution in [3.05, 3.63) is 35.1 Å². The number of amides is 1. The Hall–Kier alpha value is -1.27. The molecular weight excluding hydrogens is 295 g/mol. The molecule has 20 heavy (non-hydrogen) atoms. The van der Waals surface area contributed by atoms with Gasteiger partial charge in [-0.1, -0.05) is 0 Å². The van der Waals surface area contributed by atoms with Gasteiger partial charge < -0.3 is 9.64 Å². The van der Waals surface area contributed by atoms with Crippen molar-refractivity contribution in [3.8, 4) is 0 Å². The Balaban J connectivity index is 2.26. The van der Waals surface area contributed by atoms with Crippen molar-refractivity contribution in [2.45, 2.75) is 19.1 Å². The Morgan fingerprint density at radius 1 is 1.40 bits per heavy atom. The van der Waals surface area contributed by atoms with Crippen molar-refractivity contribution < 1.29 is 22.7 Å². The van der Waals surface area contributed by atoms with Crippen molar-refractivity contribution in [1.82, 2.24) is 4.90 Å². The lowest BCUT2D eigenvalue weighted by Gasteiger charge is -2.37. The topological polar surface area (TPSA) is 29.5 Å². The molecule has 1 aliphatic heterocycles. The van der Waals surface area contributed by atoms with Crippen LogP contribution in [0.25, 0.3) is 0 Å². The minimum Gasteiger partial charge on any atom is -0.373 e. The first-order valence-electron chi connectivity index (χ1n) is 6.07. The molecule has 2 rings (SSSR count). The Labute approximate surface area is 119 Å². The highest BCUT2D eigenvalue weighted by molar-refractivity contribution is 6.18. The maximum Gasteiger partial charge on any atom is 0.254 e. The average Bonchev–Trinajstić information content (AvgIpc) is 2.44. The largest absolute Gasteiger partial charge is 0.373 e. The molecule has 0 radical (unpaired) electrons. The SMILES string of the molecule is CC1COC(CCl)CN1C(=O)c1cc(F)c(F)c(F)c1. The highest BCUT2D eigenvalue weighted by Gasteiger charge is 2.30. The third-order valence-electron chi connectivity index (χ3n) is 3.17. The van der Waals surface area contributed by atoms with Gasteiger partial charge in [-0.15, -0.1) is 11.6 Å². The molecule has 2 atom stereocenters. The molecule has 1 heterocycles. The molecule has 2 unspecified atom stereocenters. The zero-order valence-electron chi connectivity index (χ0n) is 10.7. The third-order valence-corrected chi connectivity index (χ3v) is 3.51. The second kappa shape index (κ2) is 6.01. The summed E-state index contributed by atoms with van der Waals surface area (Å²) >= 11 is 5.68. The molecule has 0 bridgehead atoms. The number of morpholine rings is 1. The van der Waals surface area contributed by atoms with Crippen LogP contribution in [0.4, 0.5) is 13.2 Å². The zero-order valence-corrected chi connectivity index (χ0v) is 11.5. The van der Waals surface area contributed by atoms with Gasteiger partial charge in [0, 0.05) is 12.1 Å². The Bertz CT molecular complexity index is 503. The van der Waals surface area contributed by atoms with Gasteiger partial charge in [0.1, 0.15) is 0 Å². The van der Waals surface area contributed by atoms with Crippen LogP contribution in [-0.4, -0.2) is 42.0 Å². The number of alkyl halides is 1. The van der Waals surface area contributed by atoms with Crippen LogP contribution in [0.15, 0.2) is 12.1 Å². The second-order valence-electron chi connectivity index (χ2n) is 4.67. The van der Waals surface area contributed by atoms with E-state index in [9.17, 15) is 18.0 Å². The summed E-state index contributed by atoms with van der Waals surface area (Å²) in [6.07, 6.45) is -0.327. The quantitative estimate of drug-likeness (QED) is 0.621. The van der Waals surface area contributed by atoms with E-state index in [-0.39, 0.29) is 36.7 Å². The Morgan fingerprint density at radius 2 is 2.00 bits per heavy atom. The van der Waals surface area contributed by atoms with Gasteiger partial charge in [0.05, 0.1) is 24.6 Å². The lowest BCUT2D eigenvalue weighted by molar-refractivity contribution is -0.0372. The molecule has 1 aliphatic rings. The Morgan fingerprint density at radius 3 is 2.55 bits per heavy atom. The molecule has 0 spiro atoms. The molecule has 0 aromatic heterocycles. The highest BCUT2D eigenvalue weighted by atomic mass is 35.5. The summed E-state index contributed by atoms with van der Waals surface area (Å²) in [6, 6.07) is 1.13. The fourth-order valence-corrected chi connectivity index (χ4v) is 2.23. The molecule has 1 amide bonds. The molecule has 1 fully saturated rings. The predicted octanol–water partition coefficient (Wildman–Crippen LogP) is 2.57. The molecule has 110 valence electrons. The van der Waals surface area contributed by atoms with Crippen molar-refractivity contribution in [2.24, 2.45) is 0 Å². The van der Waals surface area contributed by atoms with E-state index in [4.69, 9.17) is 16.3 Å². The van der Waals surface area contributed by atoms with Gasteiger partial charge in [0.25, 0.3) is 5.91 Å². The summed E-state index contributed by atoms with van der Waals surface area (Å²) in [6.45, 7) is 2.26. The molecular formula is C13H13ClF3NO2. The van der Waals surface area contributed by atoms with Gasteiger partial charge >= 0.3 is 0 Å². The highest BCUT2D eigenvalue weighted by Crippen LogP contribution is 2.19. The fourth-order valence-electron chi connectivity index (χ4n) is 2.04. The number of carbonyl (C=O) groups excluding carboxylic acids is 1. The van der Waals surface area contributed by atoms with E-state index < -0.39 is 23.4 Å². The van der Waals surface area contributed by atoms with E-state index in [1.807, 2.05) is 0 Å². The Kier molecular flexibility index (Phi) is 4.55. The minimum absolute atomic E-state index is 0.211. The normalized spacial score (nSPS) is 22.9. The van der Waals surface area contributed by atoms with Crippen LogP contribution in [0.1, 0.15) is 17.3 Å². The summed E-state index contributed by atoms with van der Waals surface area (Å²) in [7, 11) is 0. The molecule has 0 N–H and O–H groups in total. The molecule has 7 heteroatoms. The molecule has 0 aliphatic carbocycles. The number of halogens is 4. The summed E-state index contributed by atoms with van der Waals surface area (Å²) in [5, 5.41) is 0. The van der Waals surface area contributed by atoms with Crippen molar-refractivity contribution in [2.75, 3.05) is 19.0 Å². The van der Waals surface area contributed by atoms with E-state index >= 15 is 0 Å². The average molecular weight is 308 g/mol. The number of hydrogen-bond acceptors (Lipinski definition) is 2. The number of carbonyl (C=O) groups is 1. The number of benzene rings is 1. The summed E-state index contributed by atoms with van der Waals surface area (Å²) in [5.74, 6) is -4.72. The summed E-state index contributed by atoms with van der Waals surface area (Å²) < 4.78 is 44.6. The van der Waals surface area contributed by atoms with Crippen molar-refractivity contribution in [3.63, 3.8) is 0 Å². The van der Waals surface area contributed by atoms with Crippen LogP contribution in [-0.2, 0) is 4.74 Å². The van der Waals surface area contributed by atoms with E-state index in [0.717, 1.165) is 0 Å². The standard InChI is InChI=1S/C13H13ClF3NO2/c1-7-6-20-9(4-14)5-18(7)13(19)8-2-10(15)12(17)11(16)3-8/h2-3,7,9H,4-6H2,1H3. The van der Waals surface area contributed by atoms with Crippen LogP contribution < -0.4 is 0 Å². The van der Waals surface area contributed by atoms with Crippen molar-refractivity contribution in [1.29, 1.82) is 0 Å². The van der Waals surface area contributed by atoms with E-state index in [2.05, 4.69) is 0 Å².